The van der Waals surface area contributed by atoms with Gasteiger partial charge in [0.1, 0.15) is 11.3 Å². The fourth-order valence-corrected chi connectivity index (χ4v) is 6.02. The van der Waals surface area contributed by atoms with E-state index in [0.29, 0.717) is 17.4 Å². The lowest BCUT2D eigenvalue weighted by atomic mass is 9.80. The van der Waals surface area contributed by atoms with Crippen molar-refractivity contribution in [3.05, 3.63) is 46.5 Å². The SMILES string of the molecule is CC(Nc1nc(-c2noc(=O)[nH]2)nc2nc(C3(c4ccccn4)CC3)n(C)c12)C1CCC1.CC1CCCCC1. The van der Waals surface area contributed by atoms with E-state index >= 15 is 0 Å². The molecule has 3 aliphatic rings. The molecule has 10 heteroatoms. The smallest absolute Gasteiger partial charge is 0.365 e. The molecule has 0 saturated heterocycles. The molecule has 7 rings (SSSR count). The summed E-state index contributed by atoms with van der Waals surface area (Å²) in [6.07, 6.45) is 14.9. The quantitative estimate of drug-likeness (QED) is 0.341. The standard InChI is InChI=1S/C22H24N8O2.C7H14/c1-12(13-6-5-7-13)24-16-15-17(26-18(25-16)19-28-21(31)32-29-19)27-20(30(15)2)22(9-10-22)14-8-3-4-11-23-14;1-7-5-3-2-4-6-7/h3-4,8,11-13H,5-7,9-10H2,1-2H3,(H,24,25,26)(H,28,29,31);7H,2-6H2,1H3. The van der Waals surface area contributed by atoms with Crippen LogP contribution in [0, 0.1) is 11.8 Å². The van der Waals surface area contributed by atoms with E-state index in [1.807, 2.05) is 25.4 Å². The first kappa shape index (κ1) is 25.7. The van der Waals surface area contributed by atoms with Gasteiger partial charge in [0.2, 0.25) is 11.6 Å². The third-order valence-electron chi connectivity index (χ3n) is 8.83. The van der Waals surface area contributed by atoms with E-state index < -0.39 is 5.76 Å². The average molecular weight is 531 g/mol. The van der Waals surface area contributed by atoms with Gasteiger partial charge in [0.15, 0.2) is 11.5 Å². The Morgan fingerprint density at radius 3 is 2.44 bits per heavy atom. The number of fused-ring (bicyclic) bond motifs is 1. The number of H-pyrrole nitrogens is 1. The second kappa shape index (κ2) is 10.5. The second-order valence-electron chi connectivity index (χ2n) is 11.7. The topological polar surface area (TPSA) is 127 Å². The predicted molar refractivity (Wildman–Crippen MR) is 149 cm³/mol. The lowest BCUT2D eigenvalue weighted by Gasteiger charge is -2.32. The van der Waals surface area contributed by atoms with E-state index in [0.717, 1.165) is 35.8 Å². The molecule has 3 aliphatic carbocycles. The summed E-state index contributed by atoms with van der Waals surface area (Å²) >= 11 is 0. The minimum Gasteiger partial charge on any atom is -0.365 e. The maximum absolute atomic E-state index is 11.5. The van der Waals surface area contributed by atoms with Crippen LogP contribution in [0.25, 0.3) is 22.8 Å². The Kier molecular flexibility index (Phi) is 6.95. The van der Waals surface area contributed by atoms with Crippen molar-refractivity contribution in [2.45, 2.75) is 89.5 Å². The van der Waals surface area contributed by atoms with Crippen molar-refractivity contribution in [2.75, 3.05) is 5.32 Å². The fraction of sp³-hybridized carbons (Fsp3) is 0.586. The van der Waals surface area contributed by atoms with Crippen molar-refractivity contribution in [3.8, 4) is 11.6 Å². The summed E-state index contributed by atoms with van der Waals surface area (Å²) in [4.78, 5) is 32.9. The van der Waals surface area contributed by atoms with Crippen LogP contribution < -0.4 is 11.1 Å². The van der Waals surface area contributed by atoms with Gasteiger partial charge in [0.05, 0.1) is 11.1 Å². The van der Waals surface area contributed by atoms with Crippen molar-refractivity contribution in [3.63, 3.8) is 0 Å². The maximum atomic E-state index is 11.5. The number of anilines is 1. The largest absolute Gasteiger partial charge is 0.439 e. The molecule has 3 fully saturated rings. The fourth-order valence-electron chi connectivity index (χ4n) is 6.02. The number of aromatic nitrogens is 7. The molecule has 39 heavy (non-hydrogen) atoms. The van der Waals surface area contributed by atoms with Gasteiger partial charge in [-0.05, 0) is 56.6 Å². The molecule has 1 atom stereocenters. The van der Waals surface area contributed by atoms with Crippen LogP contribution in [0.2, 0.25) is 0 Å². The molecule has 1 unspecified atom stereocenters. The number of aryl methyl sites for hydroxylation is 1. The molecule has 0 radical (unpaired) electrons. The monoisotopic (exact) mass is 530 g/mol. The molecule has 4 aromatic rings. The van der Waals surface area contributed by atoms with Gasteiger partial charge >= 0.3 is 5.76 Å². The Hall–Kier alpha value is -3.56. The molecule has 4 heterocycles. The van der Waals surface area contributed by atoms with Crippen LogP contribution in [-0.2, 0) is 12.5 Å². The summed E-state index contributed by atoms with van der Waals surface area (Å²) in [6, 6.07) is 6.25. The first-order chi connectivity index (χ1) is 18.9. The van der Waals surface area contributed by atoms with Crippen LogP contribution in [0.5, 0.6) is 0 Å². The molecular formula is C29H38N8O2. The Morgan fingerprint density at radius 1 is 1.08 bits per heavy atom. The van der Waals surface area contributed by atoms with Gasteiger partial charge in [-0.25, -0.2) is 19.7 Å². The second-order valence-corrected chi connectivity index (χ2v) is 11.7. The van der Waals surface area contributed by atoms with Crippen LogP contribution >= 0.6 is 0 Å². The number of rotatable bonds is 6. The minimum absolute atomic E-state index is 0.189. The summed E-state index contributed by atoms with van der Waals surface area (Å²) in [5.74, 6) is 3.08. The number of hydrogen-bond acceptors (Lipinski definition) is 8. The molecule has 2 N–H and O–H groups in total. The van der Waals surface area contributed by atoms with Gasteiger partial charge in [-0.2, -0.15) is 0 Å². The molecule has 3 saturated carbocycles. The van der Waals surface area contributed by atoms with Crippen LogP contribution in [0.1, 0.15) is 89.6 Å². The first-order valence-corrected chi connectivity index (χ1v) is 14.4. The molecule has 0 spiro atoms. The van der Waals surface area contributed by atoms with Crippen LogP contribution in [0.4, 0.5) is 5.82 Å². The number of aromatic amines is 1. The molecule has 206 valence electrons. The van der Waals surface area contributed by atoms with E-state index in [9.17, 15) is 4.79 Å². The third kappa shape index (κ3) is 5.08. The molecule has 4 aromatic heterocycles. The van der Waals surface area contributed by atoms with Gasteiger partial charge in [0, 0.05) is 19.3 Å². The van der Waals surface area contributed by atoms with Gasteiger partial charge in [-0.1, -0.05) is 56.7 Å². The van der Waals surface area contributed by atoms with Crippen LogP contribution in [-0.4, -0.2) is 40.7 Å². The number of hydrogen-bond donors (Lipinski definition) is 2. The normalized spacial score (nSPS) is 19.7. The highest BCUT2D eigenvalue weighted by Crippen LogP contribution is 2.52. The van der Waals surface area contributed by atoms with E-state index in [-0.39, 0.29) is 23.1 Å². The van der Waals surface area contributed by atoms with Crippen molar-refractivity contribution in [2.24, 2.45) is 18.9 Å². The average Bonchev–Trinajstić information content (AvgIpc) is 3.48. The van der Waals surface area contributed by atoms with Gasteiger partial charge in [-0.3, -0.25) is 14.5 Å². The van der Waals surface area contributed by atoms with Gasteiger partial charge in [-0.15, -0.1) is 0 Å². The highest BCUT2D eigenvalue weighted by atomic mass is 16.5. The summed E-state index contributed by atoms with van der Waals surface area (Å²) in [5.41, 5.74) is 2.20. The summed E-state index contributed by atoms with van der Waals surface area (Å²) < 4.78 is 6.76. The molecule has 0 aromatic carbocycles. The van der Waals surface area contributed by atoms with Gasteiger partial charge < -0.3 is 9.88 Å². The highest BCUT2D eigenvalue weighted by molar-refractivity contribution is 5.86. The molecule has 10 nitrogen and oxygen atoms in total. The number of imidazole rings is 1. The summed E-state index contributed by atoms with van der Waals surface area (Å²) in [6.45, 7) is 4.54. The number of nitrogens with zero attached hydrogens (tertiary/aromatic N) is 6. The van der Waals surface area contributed by atoms with Crippen molar-refractivity contribution < 1.29 is 4.52 Å². The van der Waals surface area contributed by atoms with E-state index in [1.165, 1.54) is 51.4 Å². The summed E-state index contributed by atoms with van der Waals surface area (Å²) in [7, 11) is 2.01. The predicted octanol–water partition coefficient (Wildman–Crippen LogP) is 5.37. The van der Waals surface area contributed by atoms with E-state index in [1.54, 1.807) is 0 Å². The zero-order valence-electron chi connectivity index (χ0n) is 23.1. The number of nitrogens with one attached hydrogen (secondary N) is 2. The van der Waals surface area contributed by atoms with Crippen LogP contribution in [0.15, 0.2) is 33.7 Å². The minimum atomic E-state index is -0.644. The molecule has 0 bridgehead atoms. The van der Waals surface area contributed by atoms with Gasteiger partial charge in [0.25, 0.3) is 0 Å². The van der Waals surface area contributed by atoms with Crippen molar-refractivity contribution in [1.82, 2.24) is 34.6 Å². The zero-order chi connectivity index (χ0) is 27.0. The lowest BCUT2D eigenvalue weighted by Crippen LogP contribution is -2.31. The Balaban J connectivity index is 0.000000346. The van der Waals surface area contributed by atoms with E-state index in [4.69, 9.17) is 9.97 Å². The van der Waals surface area contributed by atoms with Crippen molar-refractivity contribution in [1.29, 1.82) is 0 Å². The summed E-state index contributed by atoms with van der Waals surface area (Å²) in [5, 5.41) is 7.36. The molecule has 0 amide bonds. The maximum Gasteiger partial charge on any atom is 0.439 e. The molecular weight excluding hydrogens is 492 g/mol. The highest BCUT2D eigenvalue weighted by Gasteiger charge is 2.51. The Labute approximate surface area is 228 Å². The Morgan fingerprint density at radius 2 is 1.87 bits per heavy atom. The first-order valence-electron chi connectivity index (χ1n) is 14.4. The van der Waals surface area contributed by atoms with Crippen LogP contribution in [0.3, 0.4) is 0 Å². The Bertz CT molecular complexity index is 1480. The number of pyridine rings is 1. The van der Waals surface area contributed by atoms with E-state index in [2.05, 4.69) is 54.4 Å². The lowest BCUT2D eigenvalue weighted by molar-refractivity contribution is 0.285. The third-order valence-corrected chi connectivity index (χ3v) is 8.83. The van der Waals surface area contributed by atoms with Crippen molar-refractivity contribution >= 4 is 17.0 Å². The zero-order valence-corrected chi connectivity index (χ0v) is 23.1. The molecule has 0 aliphatic heterocycles.